The van der Waals surface area contributed by atoms with Crippen LogP contribution in [0.15, 0.2) is 30.3 Å². The number of rotatable bonds is 8. The lowest BCUT2D eigenvalue weighted by atomic mass is 9.91. The molecule has 2 heteroatoms. The average Bonchev–Trinajstić information content (AvgIpc) is 2.89. The van der Waals surface area contributed by atoms with Crippen molar-refractivity contribution in [1.82, 2.24) is 5.32 Å². The first kappa shape index (κ1) is 14.5. The fourth-order valence-electron chi connectivity index (χ4n) is 2.93. The molecule has 0 spiro atoms. The summed E-state index contributed by atoms with van der Waals surface area (Å²) in [5, 5.41) is 3.69. The fourth-order valence-corrected chi connectivity index (χ4v) is 2.93. The van der Waals surface area contributed by atoms with E-state index >= 15 is 0 Å². The molecule has 0 bridgehead atoms. The summed E-state index contributed by atoms with van der Waals surface area (Å²) in [6.45, 7) is 5.01. The van der Waals surface area contributed by atoms with Gasteiger partial charge < -0.3 is 10.1 Å². The minimum atomic E-state index is 0.254. The van der Waals surface area contributed by atoms with Crippen LogP contribution in [0.2, 0.25) is 0 Å². The second-order valence-electron chi connectivity index (χ2n) is 5.75. The van der Waals surface area contributed by atoms with Crippen molar-refractivity contribution in [2.45, 2.75) is 57.6 Å². The van der Waals surface area contributed by atoms with Crippen LogP contribution in [0.25, 0.3) is 0 Å². The van der Waals surface area contributed by atoms with Crippen LogP contribution in [-0.2, 0) is 11.3 Å². The summed E-state index contributed by atoms with van der Waals surface area (Å²) in [4.78, 5) is 0. The summed E-state index contributed by atoms with van der Waals surface area (Å²) in [6.07, 6.45) is 7.77. The molecule has 1 aromatic carbocycles. The van der Waals surface area contributed by atoms with E-state index in [1.807, 2.05) is 6.07 Å². The molecule has 1 aliphatic heterocycles. The molecule has 0 saturated carbocycles. The second-order valence-corrected chi connectivity index (χ2v) is 5.75. The van der Waals surface area contributed by atoms with Gasteiger partial charge in [-0.25, -0.2) is 0 Å². The molecule has 1 N–H and O–H groups in total. The minimum absolute atomic E-state index is 0.254. The Morgan fingerprint density at radius 3 is 2.74 bits per heavy atom. The van der Waals surface area contributed by atoms with Gasteiger partial charge in [-0.15, -0.1) is 0 Å². The van der Waals surface area contributed by atoms with Crippen LogP contribution in [0.1, 0.15) is 51.0 Å². The van der Waals surface area contributed by atoms with Crippen molar-refractivity contribution in [2.75, 3.05) is 13.2 Å². The molecule has 1 unspecified atom stereocenters. The molecule has 0 amide bonds. The maximum Gasteiger partial charge on any atom is 0.0717 e. The average molecular weight is 261 g/mol. The molecular formula is C17H27NO. The lowest BCUT2D eigenvalue weighted by Crippen LogP contribution is -2.44. The van der Waals surface area contributed by atoms with Crippen LogP contribution >= 0.6 is 0 Å². The molecule has 19 heavy (non-hydrogen) atoms. The quantitative estimate of drug-likeness (QED) is 0.716. The van der Waals surface area contributed by atoms with E-state index in [0.717, 1.165) is 19.8 Å². The Hall–Kier alpha value is -0.860. The standard InChI is InChI=1S/C17H27NO/c1-2-3-7-11-17(12-8-13-18-17)15-19-14-16-9-5-4-6-10-16/h4-6,9-10,18H,2-3,7-8,11-15H2,1H3. The highest BCUT2D eigenvalue weighted by atomic mass is 16.5. The van der Waals surface area contributed by atoms with E-state index in [2.05, 4.69) is 36.5 Å². The van der Waals surface area contributed by atoms with E-state index in [0.29, 0.717) is 0 Å². The lowest BCUT2D eigenvalue weighted by molar-refractivity contribution is 0.0598. The molecule has 1 fully saturated rings. The van der Waals surface area contributed by atoms with E-state index in [1.165, 1.54) is 44.1 Å². The van der Waals surface area contributed by atoms with Gasteiger partial charge in [0.05, 0.1) is 13.2 Å². The highest BCUT2D eigenvalue weighted by molar-refractivity contribution is 5.13. The second kappa shape index (κ2) is 7.66. The van der Waals surface area contributed by atoms with Crippen molar-refractivity contribution in [3.05, 3.63) is 35.9 Å². The van der Waals surface area contributed by atoms with Crippen molar-refractivity contribution >= 4 is 0 Å². The molecule has 1 atom stereocenters. The van der Waals surface area contributed by atoms with Gasteiger partial charge in [-0.2, -0.15) is 0 Å². The van der Waals surface area contributed by atoms with Crippen LogP contribution in [0.5, 0.6) is 0 Å². The first-order valence-electron chi connectivity index (χ1n) is 7.71. The lowest BCUT2D eigenvalue weighted by Gasteiger charge is -2.29. The summed E-state index contributed by atoms with van der Waals surface area (Å²) in [5.41, 5.74) is 1.52. The van der Waals surface area contributed by atoms with Gasteiger partial charge in [-0.05, 0) is 31.4 Å². The number of benzene rings is 1. The van der Waals surface area contributed by atoms with Gasteiger partial charge in [0.2, 0.25) is 0 Å². The number of hydrogen-bond acceptors (Lipinski definition) is 2. The SMILES string of the molecule is CCCCCC1(COCc2ccccc2)CCCN1. The number of hydrogen-bond donors (Lipinski definition) is 1. The summed E-state index contributed by atoms with van der Waals surface area (Å²) in [7, 11) is 0. The van der Waals surface area contributed by atoms with Crippen molar-refractivity contribution in [3.8, 4) is 0 Å². The molecule has 1 aromatic rings. The van der Waals surface area contributed by atoms with Crippen LogP contribution in [0.4, 0.5) is 0 Å². The maximum absolute atomic E-state index is 5.98. The van der Waals surface area contributed by atoms with E-state index < -0.39 is 0 Å². The molecule has 0 radical (unpaired) electrons. The Morgan fingerprint density at radius 1 is 1.21 bits per heavy atom. The predicted molar refractivity (Wildman–Crippen MR) is 80.2 cm³/mol. The first-order chi connectivity index (χ1) is 9.35. The zero-order chi connectivity index (χ0) is 13.4. The van der Waals surface area contributed by atoms with E-state index in [9.17, 15) is 0 Å². The van der Waals surface area contributed by atoms with E-state index in [4.69, 9.17) is 4.74 Å². The Morgan fingerprint density at radius 2 is 2.05 bits per heavy atom. The van der Waals surface area contributed by atoms with Crippen LogP contribution in [0, 0.1) is 0 Å². The summed E-state index contributed by atoms with van der Waals surface area (Å²) in [6, 6.07) is 10.5. The van der Waals surface area contributed by atoms with Gasteiger partial charge in [-0.3, -0.25) is 0 Å². The zero-order valence-electron chi connectivity index (χ0n) is 12.2. The number of unbranched alkanes of at least 4 members (excludes halogenated alkanes) is 2. The third-order valence-corrected chi connectivity index (χ3v) is 4.08. The van der Waals surface area contributed by atoms with Gasteiger partial charge in [-0.1, -0.05) is 56.5 Å². The van der Waals surface area contributed by atoms with Crippen LogP contribution in [-0.4, -0.2) is 18.7 Å². The van der Waals surface area contributed by atoms with Gasteiger partial charge in [0.15, 0.2) is 0 Å². The Balaban J connectivity index is 1.77. The Bertz CT molecular complexity index is 344. The van der Waals surface area contributed by atoms with Gasteiger partial charge in [0.1, 0.15) is 0 Å². The summed E-state index contributed by atoms with van der Waals surface area (Å²) < 4.78 is 5.98. The molecule has 1 heterocycles. The highest BCUT2D eigenvalue weighted by Gasteiger charge is 2.32. The molecule has 2 rings (SSSR count). The number of nitrogens with one attached hydrogen (secondary N) is 1. The zero-order valence-corrected chi connectivity index (χ0v) is 12.2. The minimum Gasteiger partial charge on any atom is -0.375 e. The Labute approximate surface area is 117 Å². The van der Waals surface area contributed by atoms with E-state index in [1.54, 1.807) is 0 Å². The molecule has 1 saturated heterocycles. The smallest absolute Gasteiger partial charge is 0.0717 e. The van der Waals surface area contributed by atoms with Crippen molar-refractivity contribution in [2.24, 2.45) is 0 Å². The fraction of sp³-hybridized carbons (Fsp3) is 0.647. The van der Waals surface area contributed by atoms with Crippen molar-refractivity contribution in [1.29, 1.82) is 0 Å². The molecular weight excluding hydrogens is 234 g/mol. The van der Waals surface area contributed by atoms with Gasteiger partial charge in [0.25, 0.3) is 0 Å². The first-order valence-corrected chi connectivity index (χ1v) is 7.71. The number of ether oxygens (including phenoxy) is 1. The largest absolute Gasteiger partial charge is 0.375 e. The van der Waals surface area contributed by atoms with Crippen LogP contribution < -0.4 is 5.32 Å². The molecule has 106 valence electrons. The molecule has 0 aromatic heterocycles. The third kappa shape index (κ3) is 4.63. The van der Waals surface area contributed by atoms with Crippen molar-refractivity contribution < 1.29 is 4.74 Å². The summed E-state index contributed by atoms with van der Waals surface area (Å²) >= 11 is 0. The molecule has 1 aliphatic rings. The summed E-state index contributed by atoms with van der Waals surface area (Å²) in [5.74, 6) is 0. The monoisotopic (exact) mass is 261 g/mol. The molecule has 2 nitrogen and oxygen atoms in total. The normalized spacial score (nSPS) is 22.8. The maximum atomic E-state index is 5.98. The Kier molecular flexibility index (Phi) is 5.87. The third-order valence-electron chi connectivity index (χ3n) is 4.08. The van der Waals surface area contributed by atoms with E-state index in [-0.39, 0.29) is 5.54 Å². The van der Waals surface area contributed by atoms with Crippen molar-refractivity contribution in [3.63, 3.8) is 0 Å². The molecule has 0 aliphatic carbocycles. The van der Waals surface area contributed by atoms with Crippen LogP contribution in [0.3, 0.4) is 0 Å². The topological polar surface area (TPSA) is 21.3 Å². The van der Waals surface area contributed by atoms with Gasteiger partial charge >= 0.3 is 0 Å². The predicted octanol–water partition coefficient (Wildman–Crippen LogP) is 3.91. The highest BCUT2D eigenvalue weighted by Crippen LogP contribution is 2.26. The van der Waals surface area contributed by atoms with Gasteiger partial charge in [0, 0.05) is 5.54 Å².